The monoisotopic (exact) mass is 345 g/mol. The minimum atomic E-state index is 0.305. The molecule has 108 valence electrons. The number of benzene rings is 1. The van der Waals surface area contributed by atoms with Crippen molar-refractivity contribution in [1.29, 1.82) is 5.26 Å². The number of halogens is 1. The molecule has 1 fully saturated rings. The molecule has 1 atom stereocenters. The minimum Gasteiger partial charge on any atom is -0.382 e. The van der Waals surface area contributed by atoms with Gasteiger partial charge >= 0.3 is 0 Å². The van der Waals surface area contributed by atoms with Crippen molar-refractivity contribution in [1.82, 2.24) is 9.78 Å². The van der Waals surface area contributed by atoms with Gasteiger partial charge < -0.3 is 11.1 Å². The van der Waals surface area contributed by atoms with Gasteiger partial charge in [0.2, 0.25) is 0 Å². The summed E-state index contributed by atoms with van der Waals surface area (Å²) in [4.78, 5) is 0. The van der Waals surface area contributed by atoms with Crippen LogP contribution in [0, 0.1) is 17.2 Å². The van der Waals surface area contributed by atoms with Crippen LogP contribution in [-0.4, -0.2) is 15.8 Å². The van der Waals surface area contributed by atoms with Gasteiger partial charge in [-0.15, -0.1) is 5.10 Å². The van der Waals surface area contributed by atoms with Crippen molar-refractivity contribution in [3.05, 3.63) is 34.3 Å². The number of nitrogens with two attached hydrogens (primary N) is 1. The van der Waals surface area contributed by atoms with Gasteiger partial charge in [-0.2, -0.15) is 5.26 Å². The summed E-state index contributed by atoms with van der Waals surface area (Å²) >= 11 is 3.49. The maximum atomic E-state index is 9.36. The van der Waals surface area contributed by atoms with Crippen molar-refractivity contribution in [2.75, 3.05) is 11.1 Å². The number of hydrogen-bond donors (Lipinski definition) is 2. The summed E-state index contributed by atoms with van der Waals surface area (Å²) in [5, 5.41) is 17.2. The summed E-state index contributed by atoms with van der Waals surface area (Å²) in [5.41, 5.74) is 7.32. The Hall–Kier alpha value is -2.00. The molecule has 21 heavy (non-hydrogen) atoms. The second kappa shape index (κ2) is 5.41. The number of rotatable bonds is 4. The zero-order chi connectivity index (χ0) is 15.0. The van der Waals surface area contributed by atoms with Crippen LogP contribution < -0.4 is 11.1 Å². The quantitative estimate of drug-likeness (QED) is 0.890. The molecule has 0 amide bonds. The summed E-state index contributed by atoms with van der Waals surface area (Å²) in [6.07, 6.45) is 2.47. The first-order valence-corrected chi connectivity index (χ1v) is 7.71. The van der Waals surface area contributed by atoms with Crippen molar-refractivity contribution in [2.24, 2.45) is 5.92 Å². The second-order valence-electron chi connectivity index (χ2n) is 5.35. The van der Waals surface area contributed by atoms with Gasteiger partial charge in [0.15, 0.2) is 5.82 Å². The van der Waals surface area contributed by atoms with Crippen LogP contribution in [0.3, 0.4) is 0 Å². The van der Waals surface area contributed by atoms with Crippen LogP contribution in [0.5, 0.6) is 0 Å². The van der Waals surface area contributed by atoms with Crippen molar-refractivity contribution >= 4 is 27.6 Å². The Bertz CT molecular complexity index is 711. The van der Waals surface area contributed by atoms with Gasteiger partial charge in [0.1, 0.15) is 17.5 Å². The molecule has 3 rings (SSSR count). The molecule has 6 heteroatoms. The molecule has 2 aromatic rings. The lowest BCUT2D eigenvalue weighted by atomic mass is 10.2. The fourth-order valence-electron chi connectivity index (χ4n) is 2.38. The molecule has 0 saturated heterocycles. The molecule has 1 aliphatic carbocycles. The highest BCUT2D eigenvalue weighted by Crippen LogP contribution is 2.35. The van der Waals surface area contributed by atoms with E-state index in [2.05, 4.69) is 39.3 Å². The van der Waals surface area contributed by atoms with E-state index in [9.17, 15) is 5.26 Å². The van der Waals surface area contributed by atoms with Crippen molar-refractivity contribution in [2.45, 2.75) is 25.8 Å². The van der Waals surface area contributed by atoms with Crippen LogP contribution in [0.2, 0.25) is 0 Å². The lowest BCUT2D eigenvalue weighted by molar-refractivity contribution is 0.687. The molecular formula is C15H16BrN5. The molecule has 1 aromatic heterocycles. The van der Waals surface area contributed by atoms with Gasteiger partial charge in [-0.1, -0.05) is 12.1 Å². The normalized spacial score (nSPS) is 15.5. The highest BCUT2D eigenvalue weighted by atomic mass is 79.9. The number of hydrogen-bond acceptors (Lipinski definition) is 4. The predicted molar refractivity (Wildman–Crippen MR) is 86.2 cm³/mol. The average molecular weight is 346 g/mol. The Morgan fingerprint density at radius 3 is 2.81 bits per heavy atom. The van der Waals surface area contributed by atoms with Gasteiger partial charge in [-0.25, -0.2) is 4.68 Å². The van der Waals surface area contributed by atoms with E-state index in [-0.39, 0.29) is 0 Å². The van der Waals surface area contributed by atoms with E-state index in [1.165, 1.54) is 12.8 Å². The Morgan fingerprint density at radius 2 is 2.19 bits per heavy atom. The van der Waals surface area contributed by atoms with Gasteiger partial charge in [0, 0.05) is 10.5 Å². The van der Waals surface area contributed by atoms with Crippen LogP contribution in [0.15, 0.2) is 28.7 Å². The molecular weight excluding hydrogens is 330 g/mol. The highest BCUT2D eigenvalue weighted by Gasteiger charge is 2.29. The fourth-order valence-corrected chi connectivity index (χ4v) is 2.83. The van der Waals surface area contributed by atoms with Crippen LogP contribution in [0.25, 0.3) is 5.69 Å². The summed E-state index contributed by atoms with van der Waals surface area (Å²) in [5.74, 6) is 1.59. The summed E-state index contributed by atoms with van der Waals surface area (Å²) in [7, 11) is 0. The highest BCUT2D eigenvalue weighted by molar-refractivity contribution is 9.10. The SMILES string of the molecule is CC(Nc1nn(-c2ccccc2Br)c(N)c1C#N)C1CC1. The van der Waals surface area contributed by atoms with Crippen LogP contribution in [-0.2, 0) is 0 Å². The molecule has 1 heterocycles. The van der Waals surface area contributed by atoms with Crippen molar-refractivity contribution in [3.63, 3.8) is 0 Å². The number of anilines is 2. The third-order valence-corrected chi connectivity index (χ3v) is 4.48. The summed E-state index contributed by atoms with van der Waals surface area (Å²) in [6.45, 7) is 2.12. The first-order valence-electron chi connectivity index (χ1n) is 6.92. The van der Waals surface area contributed by atoms with Crippen LogP contribution >= 0.6 is 15.9 Å². The number of nitrogen functional groups attached to an aromatic ring is 1. The summed E-state index contributed by atoms with van der Waals surface area (Å²) in [6, 6.07) is 10.1. The molecule has 0 radical (unpaired) electrons. The Labute approximate surface area is 131 Å². The number of para-hydroxylation sites is 1. The zero-order valence-corrected chi connectivity index (χ0v) is 13.3. The van der Waals surface area contributed by atoms with Gasteiger partial charge in [0.25, 0.3) is 0 Å². The molecule has 1 unspecified atom stereocenters. The van der Waals surface area contributed by atoms with Crippen LogP contribution in [0.4, 0.5) is 11.6 Å². The molecule has 1 saturated carbocycles. The van der Waals surface area contributed by atoms with E-state index in [4.69, 9.17) is 5.73 Å². The molecule has 3 N–H and O–H groups in total. The third-order valence-electron chi connectivity index (χ3n) is 3.81. The van der Waals surface area contributed by atoms with E-state index in [0.29, 0.717) is 29.2 Å². The van der Waals surface area contributed by atoms with E-state index >= 15 is 0 Å². The average Bonchev–Trinajstić information content (AvgIpc) is 3.26. The molecule has 0 spiro atoms. The second-order valence-corrected chi connectivity index (χ2v) is 6.21. The number of nitrogens with one attached hydrogen (secondary N) is 1. The molecule has 0 bridgehead atoms. The maximum Gasteiger partial charge on any atom is 0.168 e. The predicted octanol–water partition coefficient (Wildman–Crippen LogP) is 3.30. The largest absolute Gasteiger partial charge is 0.382 e. The van der Waals surface area contributed by atoms with Crippen molar-refractivity contribution in [3.8, 4) is 11.8 Å². The lowest BCUT2D eigenvalue weighted by Crippen LogP contribution is -2.18. The first-order chi connectivity index (χ1) is 10.1. The zero-order valence-electron chi connectivity index (χ0n) is 11.7. The van der Waals surface area contributed by atoms with Gasteiger partial charge in [-0.05, 0) is 53.7 Å². The fraction of sp³-hybridized carbons (Fsp3) is 0.333. The maximum absolute atomic E-state index is 9.36. The topological polar surface area (TPSA) is 79.7 Å². The Kier molecular flexibility index (Phi) is 3.60. The number of nitrogens with zero attached hydrogens (tertiary/aromatic N) is 3. The summed E-state index contributed by atoms with van der Waals surface area (Å²) < 4.78 is 2.48. The minimum absolute atomic E-state index is 0.305. The van der Waals surface area contributed by atoms with E-state index in [1.807, 2.05) is 24.3 Å². The Morgan fingerprint density at radius 1 is 1.48 bits per heavy atom. The molecule has 1 aliphatic rings. The van der Waals surface area contributed by atoms with Gasteiger partial charge in [-0.3, -0.25) is 0 Å². The molecule has 1 aromatic carbocycles. The first kappa shape index (κ1) is 14.0. The molecule has 0 aliphatic heterocycles. The standard InChI is InChI=1S/C15H16BrN5/c1-9(10-6-7-10)19-15-11(8-17)14(18)21(20-15)13-5-3-2-4-12(13)16/h2-5,9-10H,6-7,18H2,1H3,(H,19,20). The van der Waals surface area contributed by atoms with E-state index in [1.54, 1.807) is 4.68 Å². The van der Waals surface area contributed by atoms with E-state index < -0.39 is 0 Å². The van der Waals surface area contributed by atoms with Crippen molar-refractivity contribution < 1.29 is 0 Å². The smallest absolute Gasteiger partial charge is 0.168 e. The number of nitriles is 1. The van der Waals surface area contributed by atoms with Crippen LogP contribution in [0.1, 0.15) is 25.3 Å². The Balaban J connectivity index is 2.01. The number of aromatic nitrogens is 2. The van der Waals surface area contributed by atoms with E-state index in [0.717, 1.165) is 10.2 Å². The molecule has 5 nitrogen and oxygen atoms in total. The van der Waals surface area contributed by atoms with Gasteiger partial charge in [0.05, 0.1) is 5.69 Å². The lowest BCUT2D eigenvalue weighted by Gasteiger charge is -2.11. The third kappa shape index (κ3) is 2.61.